The molecule has 0 bridgehead atoms. The minimum Gasteiger partial charge on any atom is -0.489 e. The number of methoxy groups -OCH3 is 1. The van der Waals surface area contributed by atoms with Gasteiger partial charge in [0.2, 0.25) is 0 Å². The summed E-state index contributed by atoms with van der Waals surface area (Å²) in [6, 6.07) is 15.4. The van der Waals surface area contributed by atoms with Crippen LogP contribution in [0.15, 0.2) is 54.7 Å². The average molecular weight is 581 g/mol. The summed E-state index contributed by atoms with van der Waals surface area (Å²) in [7, 11) is -0.841. The van der Waals surface area contributed by atoms with Crippen molar-refractivity contribution in [3.8, 4) is 5.75 Å². The second-order valence-electron chi connectivity index (χ2n) is 12.8. The zero-order valence-electron chi connectivity index (χ0n) is 26.4. The molecule has 2 aromatic carbocycles. The topological polar surface area (TPSA) is 78.8 Å². The summed E-state index contributed by atoms with van der Waals surface area (Å²) in [5.41, 5.74) is 3.85. The Balaban J connectivity index is 2.13. The first-order chi connectivity index (χ1) is 19.2. The third-order valence-electron chi connectivity index (χ3n) is 7.90. The number of carbonyl (C=O) groups excluding carboxylic acids is 2. The Bertz CT molecular complexity index is 1300. The van der Waals surface area contributed by atoms with Crippen LogP contribution in [0.4, 0.5) is 4.79 Å². The molecule has 0 fully saturated rings. The third kappa shape index (κ3) is 7.34. The molecule has 0 saturated carbocycles. The van der Waals surface area contributed by atoms with E-state index in [9.17, 15) is 9.59 Å². The van der Waals surface area contributed by atoms with Crippen molar-refractivity contribution in [2.45, 2.75) is 104 Å². The summed E-state index contributed by atoms with van der Waals surface area (Å²) in [4.78, 5) is 25.5. The van der Waals surface area contributed by atoms with Gasteiger partial charge in [0.05, 0.1) is 7.11 Å². The predicted octanol–water partition coefficient (Wildman–Crippen LogP) is 7.85. The van der Waals surface area contributed by atoms with Gasteiger partial charge in [-0.15, -0.1) is 0 Å². The predicted molar refractivity (Wildman–Crippen MR) is 168 cm³/mol. The largest absolute Gasteiger partial charge is 0.489 e. The van der Waals surface area contributed by atoms with Crippen molar-refractivity contribution in [3.63, 3.8) is 0 Å². The zero-order chi connectivity index (χ0) is 30.5. The molecular formula is C33H48N2O5Si. The van der Waals surface area contributed by atoms with E-state index in [0.717, 1.165) is 27.8 Å². The first kappa shape index (κ1) is 32.3. The molecule has 1 amide bonds. The lowest BCUT2D eigenvalue weighted by atomic mass is 10.0. The minimum atomic E-state index is -2.17. The molecule has 0 aliphatic heterocycles. The van der Waals surface area contributed by atoms with E-state index in [2.05, 4.69) is 81.6 Å². The van der Waals surface area contributed by atoms with Gasteiger partial charge in [0, 0.05) is 23.4 Å². The Morgan fingerprint density at radius 1 is 0.927 bits per heavy atom. The van der Waals surface area contributed by atoms with Gasteiger partial charge in [0.1, 0.15) is 24.0 Å². The van der Waals surface area contributed by atoms with Crippen molar-refractivity contribution in [1.82, 2.24) is 9.55 Å². The highest BCUT2D eigenvalue weighted by atomic mass is 28.3. The summed E-state index contributed by atoms with van der Waals surface area (Å²) in [5, 5.41) is 3.78. The maximum absolute atomic E-state index is 12.8. The monoisotopic (exact) mass is 580 g/mol. The van der Waals surface area contributed by atoms with Crippen LogP contribution in [0.25, 0.3) is 10.9 Å². The molecule has 0 radical (unpaired) electrons. The van der Waals surface area contributed by atoms with E-state index in [0.29, 0.717) is 23.2 Å². The second-order valence-corrected chi connectivity index (χ2v) is 18.5. The van der Waals surface area contributed by atoms with Crippen LogP contribution < -0.4 is 10.1 Å². The molecule has 0 aliphatic carbocycles. The molecule has 1 N–H and O–H groups in total. The third-order valence-corrected chi connectivity index (χ3v) is 14.7. The molecule has 7 nitrogen and oxygen atoms in total. The zero-order valence-corrected chi connectivity index (χ0v) is 27.4. The van der Waals surface area contributed by atoms with Crippen LogP contribution in [0.2, 0.25) is 16.6 Å². The Morgan fingerprint density at radius 2 is 1.54 bits per heavy atom. The molecule has 41 heavy (non-hydrogen) atoms. The highest BCUT2D eigenvalue weighted by Crippen LogP contribution is 2.45. The summed E-state index contributed by atoms with van der Waals surface area (Å²) in [6.45, 7) is 19.8. The lowest BCUT2D eigenvalue weighted by Gasteiger charge is -2.44. The van der Waals surface area contributed by atoms with E-state index in [1.165, 1.54) is 7.11 Å². The van der Waals surface area contributed by atoms with E-state index in [1.54, 1.807) is 20.8 Å². The lowest BCUT2D eigenvalue weighted by Crippen LogP contribution is -2.51. The maximum Gasteiger partial charge on any atom is 0.408 e. The van der Waals surface area contributed by atoms with Crippen LogP contribution in [0.5, 0.6) is 5.75 Å². The number of alkyl carbamates (subject to hydrolysis) is 1. The first-order valence-electron chi connectivity index (χ1n) is 14.6. The van der Waals surface area contributed by atoms with Gasteiger partial charge in [-0.2, -0.15) is 0 Å². The van der Waals surface area contributed by atoms with Crippen molar-refractivity contribution < 1.29 is 23.8 Å². The highest BCUT2D eigenvalue weighted by molar-refractivity contribution is 6.82. The number of aromatic nitrogens is 1. The number of nitrogens with one attached hydrogen (secondary N) is 1. The first-order valence-corrected chi connectivity index (χ1v) is 16.8. The smallest absolute Gasteiger partial charge is 0.408 e. The number of ether oxygens (including phenoxy) is 3. The van der Waals surface area contributed by atoms with Crippen LogP contribution in [0, 0.1) is 0 Å². The normalized spacial score (nSPS) is 13.1. The van der Waals surface area contributed by atoms with Crippen LogP contribution >= 0.6 is 0 Å². The number of hydrogen-bond donors (Lipinski definition) is 1. The van der Waals surface area contributed by atoms with Crippen molar-refractivity contribution in [1.29, 1.82) is 0 Å². The van der Waals surface area contributed by atoms with Gasteiger partial charge in [0.25, 0.3) is 0 Å². The quantitative estimate of drug-likeness (QED) is 0.185. The summed E-state index contributed by atoms with van der Waals surface area (Å²) in [5.74, 6) is 0.280. The van der Waals surface area contributed by atoms with Gasteiger partial charge in [-0.1, -0.05) is 71.9 Å². The molecule has 224 valence electrons. The maximum atomic E-state index is 12.8. The fourth-order valence-electron chi connectivity index (χ4n) is 6.43. The molecular weight excluding hydrogens is 532 g/mol. The van der Waals surface area contributed by atoms with Crippen LogP contribution in [-0.2, 0) is 27.3 Å². The fourth-order valence-corrected chi connectivity index (χ4v) is 13.1. The Morgan fingerprint density at radius 3 is 2.07 bits per heavy atom. The van der Waals surface area contributed by atoms with Crippen molar-refractivity contribution >= 4 is 31.2 Å². The molecule has 8 heteroatoms. The number of nitrogens with zero attached hydrogens (tertiary/aromatic N) is 1. The Labute approximate surface area is 246 Å². The number of hydrogen-bond acceptors (Lipinski definition) is 5. The Hall–Kier alpha value is -3.26. The van der Waals surface area contributed by atoms with Gasteiger partial charge in [-0.05, 0) is 66.9 Å². The van der Waals surface area contributed by atoms with Gasteiger partial charge >= 0.3 is 12.1 Å². The van der Waals surface area contributed by atoms with Crippen LogP contribution in [-0.4, -0.2) is 43.3 Å². The van der Waals surface area contributed by atoms with Crippen molar-refractivity contribution in [2.24, 2.45) is 0 Å². The number of carbonyl (C=O) groups is 2. The molecule has 0 saturated heterocycles. The molecule has 0 aliphatic rings. The number of benzene rings is 2. The Kier molecular flexibility index (Phi) is 10.3. The SMILES string of the molecule is COC(=O)C(Cc1cn([Si](C(C)C)(C(C)C)C(C)C)c2cc(OCc3ccccc3)ccc12)NC(=O)OC(C)(C)C. The van der Waals surface area contributed by atoms with Gasteiger partial charge in [-0.25, -0.2) is 9.59 Å². The van der Waals surface area contributed by atoms with Gasteiger partial charge in [0.15, 0.2) is 8.24 Å². The highest BCUT2D eigenvalue weighted by Gasteiger charge is 2.46. The van der Waals surface area contributed by atoms with Crippen LogP contribution in [0.3, 0.4) is 0 Å². The van der Waals surface area contributed by atoms with E-state index in [4.69, 9.17) is 14.2 Å². The molecule has 3 rings (SSSR count). The molecule has 1 aromatic heterocycles. The van der Waals surface area contributed by atoms with Crippen LogP contribution in [0.1, 0.15) is 73.4 Å². The van der Waals surface area contributed by atoms with Gasteiger partial charge < -0.3 is 23.8 Å². The number of fused-ring (bicyclic) bond motifs is 1. The fraction of sp³-hybridized carbons (Fsp3) is 0.515. The number of amides is 1. The number of rotatable bonds is 11. The van der Waals surface area contributed by atoms with Crippen molar-refractivity contribution in [2.75, 3.05) is 7.11 Å². The van der Waals surface area contributed by atoms with Crippen molar-refractivity contribution in [3.05, 3.63) is 65.9 Å². The molecule has 3 aromatic rings. The van der Waals surface area contributed by atoms with E-state index in [-0.39, 0.29) is 6.42 Å². The van der Waals surface area contributed by atoms with E-state index < -0.39 is 31.9 Å². The van der Waals surface area contributed by atoms with E-state index in [1.807, 2.05) is 24.3 Å². The van der Waals surface area contributed by atoms with Gasteiger partial charge in [-0.3, -0.25) is 0 Å². The lowest BCUT2D eigenvalue weighted by molar-refractivity contribution is -0.143. The molecule has 0 spiro atoms. The standard InChI is InChI=1S/C33H48N2O5Si/c1-22(2)41(23(3)4,24(5)6)35-20-26(18-29(31(36)38-10)34-32(37)40-33(7,8)9)28-17-16-27(19-30(28)35)39-21-25-14-12-11-13-15-25/h11-17,19-20,22-24,29H,18,21H2,1-10H3,(H,34,37). The van der Waals surface area contributed by atoms with E-state index >= 15 is 0 Å². The second kappa shape index (κ2) is 13.1. The molecule has 1 unspecified atom stereocenters. The molecule has 1 heterocycles. The summed E-state index contributed by atoms with van der Waals surface area (Å²) >= 11 is 0. The molecule has 1 atom stereocenters. The number of esters is 1. The summed E-state index contributed by atoms with van der Waals surface area (Å²) < 4.78 is 19.3. The average Bonchev–Trinajstić information content (AvgIpc) is 3.23. The minimum absolute atomic E-state index is 0.276. The summed E-state index contributed by atoms with van der Waals surface area (Å²) in [6.07, 6.45) is 1.84.